The molecule has 1 unspecified atom stereocenters. The molecule has 0 aliphatic heterocycles. The monoisotopic (exact) mass is 479 g/mol. The van der Waals surface area contributed by atoms with Gasteiger partial charge in [-0.2, -0.15) is 10.2 Å². The summed E-state index contributed by atoms with van der Waals surface area (Å²) in [6, 6.07) is 19.5. The minimum atomic E-state index is -0.356. The Labute approximate surface area is 187 Å². The van der Waals surface area contributed by atoms with E-state index >= 15 is 0 Å². The average Bonchev–Trinajstić information content (AvgIpc) is 3.21. The van der Waals surface area contributed by atoms with Gasteiger partial charge >= 0.3 is 0 Å². The molecule has 0 aliphatic carbocycles. The summed E-state index contributed by atoms with van der Waals surface area (Å²) in [5.41, 5.74) is 2.81. The molecule has 1 atom stereocenters. The number of aromatic nitrogens is 4. The van der Waals surface area contributed by atoms with Crippen molar-refractivity contribution in [2.45, 2.75) is 32.4 Å². The molecule has 4 aromatic rings. The summed E-state index contributed by atoms with van der Waals surface area (Å²) in [6.07, 6.45) is 3.14. The van der Waals surface area contributed by atoms with Crippen LogP contribution in [-0.2, 0) is 17.8 Å². The lowest BCUT2D eigenvalue weighted by molar-refractivity contribution is -0.122. The number of nitrogens with one attached hydrogen (secondary N) is 1. The Balaban J connectivity index is 1.43. The van der Waals surface area contributed by atoms with Crippen molar-refractivity contribution in [1.29, 1.82) is 0 Å². The third-order valence-electron chi connectivity index (χ3n) is 5.04. The summed E-state index contributed by atoms with van der Waals surface area (Å²) in [4.78, 5) is 25.3. The van der Waals surface area contributed by atoms with Gasteiger partial charge in [0.05, 0.1) is 5.69 Å². The van der Waals surface area contributed by atoms with Crippen LogP contribution >= 0.6 is 15.9 Å². The second-order valence-corrected chi connectivity index (χ2v) is 8.37. The van der Waals surface area contributed by atoms with Crippen molar-refractivity contribution in [3.63, 3.8) is 0 Å². The number of hydrogen-bond donors (Lipinski definition) is 1. The maximum Gasteiger partial charge on any atom is 0.293 e. The molecule has 0 bridgehead atoms. The molecule has 0 fully saturated rings. The number of fused-ring (bicyclic) bond motifs is 1. The highest BCUT2D eigenvalue weighted by Crippen LogP contribution is 2.20. The molecule has 0 saturated carbocycles. The fourth-order valence-electron chi connectivity index (χ4n) is 3.37. The topological polar surface area (TPSA) is 81.3 Å². The molecule has 0 aliphatic rings. The fraction of sp³-hybridized carbons (Fsp3) is 0.217. The van der Waals surface area contributed by atoms with Crippen LogP contribution in [0.1, 0.15) is 18.9 Å². The second kappa shape index (κ2) is 9.26. The Morgan fingerprint density at radius 2 is 1.87 bits per heavy atom. The number of hydrogen-bond acceptors (Lipinski definition) is 4. The van der Waals surface area contributed by atoms with Crippen LogP contribution in [0.3, 0.4) is 0 Å². The Kier molecular flexibility index (Phi) is 6.27. The van der Waals surface area contributed by atoms with Gasteiger partial charge in [0.25, 0.3) is 5.56 Å². The SMILES string of the molecule is CC(CCc1ccccc1)NC(=O)Cn1ncn2nc(-c3ccc(Br)cc3)cc2c1=O. The predicted molar refractivity (Wildman–Crippen MR) is 123 cm³/mol. The highest BCUT2D eigenvalue weighted by Gasteiger charge is 2.14. The number of rotatable bonds is 7. The average molecular weight is 480 g/mol. The first-order valence-corrected chi connectivity index (χ1v) is 10.8. The van der Waals surface area contributed by atoms with Gasteiger partial charge in [-0.3, -0.25) is 9.59 Å². The van der Waals surface area contributed by atoms with E-state index in [0.717, 1.165) is 22.9 Å². The van der Waals surface area contributed by atoms with Crippen molar-refractivity contribution in [2.75, 3.05) is 0 Å². The summed E-state index contributed by atoms with van der Waals surface area (Å²) in [6.45, 7) is 1.82. The predicted octanol–water partition coefficient (Wildman–Crippen LogP) is 3.46. The first-order chi connectivity index (χ1) is 15.0. The number of nitrogens with zero attached hydrogens (tertiary/aromatic N) is 4. The van der Waals surface area contributed by atoms with Crippen LogP contribution in [-0.4, -0.2) is 31.3 Å². The van der Waals surface area contributed by atoms with E-state index in [2.05, 4.69) is 43.6 Å². The standard InChI is InChI=1S/C23H22BrN5O2/c1-16(7-8-17-5-3-2-4-6-17)26-22(30)14-28-23(31)21-13-20(27-29(21)15-25-28)18-9-11-19(24)12-10-18/h2-6,9-13,15-16H,7-8,14H2,1H3,(H,26,30). The van der Waals surface area contributed by atoms with Gasteiger partial charge in [0.1, 0.15) is 18.4 Å². The largest absolute Gasteiger partial charge is 0.352 e. The summed E-state index contributed by atoms with van der Waals surface area (Å²) in [5.74, 6) is -0.243. The van der Waals surface area contributed by atoms with Crippen LogP contribution in [0.15, 0.2) is 76.3 Å². The molecular formula is C23H22BrN5O2. The maximum atomic E-state index is 12.8. The number of aryl methyl sites for hydroxylation is 1. The van der Waals surface area contributed by atoms with E-state index in [4.69, 9.17) is 0 Å². The molecule has 7 nitrogen and oxygen atoms in total. The van der Waals surface area contributed by atoms with Gasteiger partial charge in [-0.05, 0) is 43.5 Å². The van der Waals surface area contributed by atoms with Crippen LogP contribution in [0.5, 0.6) is 0 Å². The third-order valence-corrected chi connectivity index (χ3v) is 5.57. The fourth-order valence-corrected chi connectivity index (χ4v) is 3.63. The molecule has 0 saturated heterocycles. The van der Waals surface area contributed by atoms with Gasteiger partial charge in [-0.1, -0.05) is 58.4 Å². The van der Waals surface area contributed by atoms with Crippen LogP contribution in [0.2, 0.25) is 0 Å². The normalized spacial score (nSPS) is 12.1. The van der Waals surface area contributed by atoms with Crippen molar-refractivity contribution in [2.24, 2.45) is 0 Å². The number of carbonyl (C=O) groups is 1. The van der Waals surface area contributed by atoms with Crippen LogP contribution in [0.25, 0.3) is 16.8 Å². The Morgan fingerprint density at radius 1 is 1.13 bits per heavy atom. The Bertz CT molecular complexity index is 1250. The van der Waals surface area contributed by atoms with Gasteiger partial charge in [-0.25, -0.2) is 9.20 Å². The van der Waals surface area contributed by atoms with Gasteiger partial charge in [-0.15, -0.1) is 0 Å². The van der Waals surface area contributed by atoms with Crippen LogP contribution in [0, 0.1) is 0 Å². The molecule has 2 heterocycles. The van der Waals surface area contributed by atoms with E-state index < -0.39 is 0 Å². The zero-order valence-corrected chi connectivity index (χ0v) is 18.6. The van der Waals surface area contributed by atoms with Gasteiger partial charge in [0, 0.05) is 16.1 Å². The smallest absolute Gasteiger partial charge is 0.293 e. The number of amides is 1. The highest BCUT2D eigenvalue weighted by atomic mass is 79.9. The van der Waals surface area contributed by atoms with Gasteiger partial charge in [0.15, 0.2) is 0 Å². The molecule has 1 amide bonds. The molecule has 0 spiro atoms. The molecule has 31 heavy (non-hydrogen) atoms. The van der Waals surface area contributed by atoms with Crippen LogP contribution in [0.4, 0.5) is 0 Å². The minimum Gasteiger partial charge on any atom is -0.352 e. The number of halogens is 1. The molecule has 158 valence electrons. The van der Waals surface area contributed by atoms with Crippen molar-refractivity contribution in [3.05, 3.63) is 87.4 Å². The van der Waals surface area contributed by atoms with E-state index in [0.29, 0.717) is 11.2 Å². The summed E-state index contributed by atoms with van der Waals surface area (Å²) >= 11 is 3.41. The van der Waals surface area contributed by atoms with E-state index in [-0.39, 0.29) is 24.1 Å². The molecule has 1 N–H and O–H groups in total. The maximum absolute atomic E-state index is 12.8. The van der Waals surface area contributed by atoms with E-state index in [9.17, 15) is 9.59 Å². The van der Waals surface area contributed by atoms with E-state index in [1.54, 1.807) is 6.07 Å². The summed E-state index contributed by atoms with van der Waals surface area (Å²) < 4.78 is 3.58. The molecule has 8 heteroatoms. The highest BCUT2D eigenvalue weighted by molar-refractivity contribution is 9.10. The minimum absolute atomic E-state index is 0.00823. The van der Waals surface area contributed by atoms with Crippen molar-refractivity contribution < 1.29 is 4.79 Å². The second-order valence-electron chi connectivity index (χ2n) is 7.45. The quantitative estimate of drug-likeness (QED) is 0.440. The molecule has 2 aromatic heterocycles. The van der Waals surface area contributed by atoms with Gasteiger partial charge in [0.2, 0.25) is 5.91 Å². The summed E-state index contributed by atoms with van der Waals surface area (Å²) in [7, 11) is 0. The lowest BCUT2D eigenvalue weighted by Gasteiger charge is -2.14. The zero-order chi connectivity index (χ0) is 21.8. The van der Waals surface area contributed by atoms with Crippen molar-refractivity contribution >= 4 is 27.4 Å². The first kappa shape index (κ1) is 21.0. The Morgan fingerprint density at radius 3 is 2.61 bits per heavy atom. The van der Waals surface area contributed by atoms with E-state index in [1.165, 1.54) is 21.1 Å². The number of benzene rings is 2. The molecule has 0 radical (unpaired) electrons. The summed E-state index contributed by atoms with van der Waals surface area (Å²) in [5, 5.41) is 11.5. The lowest BCUT2D eigenvalue weighted by atomic mass is 10.1. The van der Waals surface area contributed by atoms with Crippen molar-refractivity contribution in [3.8, 4) is 11.3 Å². The van der Waals surface area contributed by atoms with Crippen LogP contribution < -0.4 is 10.9 Å². The number of carbonyl (C=O) groups excluding carboxylic acids is 1. The van der Waals surface area contributed by atoms with Crippen molar-refractivity contribution in [1.82, 2.24) is 24.7 Å². The zero-order valence-electron chi connectivity index (χ0n) is 17.0. The third kappa shape index (κ3) is 5.08. The molecule has 2 aromatic carbocycles. The first-order valence-electron chi connectivity index (χ1n) is 10.0. The molecular weight excluding hydrogens is 458 g/mol. The van der Waals surface area contributed by atoms with Gasteiger partial charge < -0.3 is 5.32 Å². The van der Waals surface area contributed by atoms with E-state index in [1.807, 2.05) is 49.4 Å². The molecule has 4 rings (SSSR count). The Hall–Kier alpha value is -3.26. The lowest BCUT2D eigenvalue weighted by Crippen LogP contribution is -2.38.